The van der Waals surface area contributed by atoms with E-state index in [4.69, 9.17) is 0 Å². The number of thioether (sulfide) groups is 1. The summed E-state index contributed by atoms with van der Waals surface area (Å²) in [4.78, 5) is 45.6. The monoisotopic (exact) mass is 575 g/mol. The Hall–Kier alpha value is -4.05. The smallest absolute Gasteiger partial charge is 0.319 e. The van der Waals surface area contributed by atoms with Crippen LogP contribution in [0.15, 0.2) is 67.0 Å². The summed E-state index contributed by atoms with van der Waals surface area (Å²) in [5.41, 5.74) is 3.58. The number of hydrogen-bond donors (Lipinski definition) is 4. The average molecular weight is 576 g/mol. The highest BCUT2D eigenvalue weighted by molar-refractivity contribution is 8.00. The zero-order chi connectivity index (χ0) is 29.6. The molecule has 2 heterocycles. The van der Waals surface area contributed by atoms with Crippen LogP contribution in [0.5, 0.6) is 5.75 Å². The van der Waals surface area contributed by atoms with Crippen molar-refractivity contribution >= 4 is 35.3 Å². The summed E-state index contributed by atoms with van der Waals surface area (Å²) < 4.78 is -0.503. The molecule has 0 saturated carbocycles. The molecular weight excluding hydrogens is 538 g/mol. The molecule has 4 rings (SSSR count). The summed E-state index contributed by atoms with van der Waals surface area (Å²) in [5, 5.41) is 19.6. The highest BCUT2D eigenvalue weighted by Crippen LogP contribution is 2.43. The van der Waals surface area contributed by atoms with E-state index in [1.54, 1.807) is 47.3 Å². The second kappa shape index (κ2) is 13.1. The Bertz CT molecular complexity index is 1400. The number of para-hydroxylation sites is 1. The quantitative estimate of drug-likeness (QED) is 0.269. The zero-order valence-electron chi connectivity index (χ0n) is 23.8. The Morgan fingerprint density at radius 3 is 2.49 bits per heavy atom. The number of aromatic nitrogens is 1. The summed E-state index contributed by atoms with van der Waals surface area (Å²) >= 11 is 1.54. The molecule has 0 aliphatic carbocycles. The summed E-state index contributed by atoms with van der Waals surface area (Å²) in [6, 6.07) is 15.2. The number of carbonyl (C=O) groups is 3. The van der Waals surface area contributed by atoms with Crippen LogP contribution in [0.3, 0.4) is 0 Å². The van der Waals surface area contributed by atoms with Crippen LogP contribution in [0.2, 0.25) is 0 Å². The van der Waals surface area contributed by atoms with E-state index in [9.17, 15) is 19.5 Å². The van der Waals surface area contributed by atoms with Gasteiger partial charge in [0.05, 0.1) is 17.5 Å². The number of hydrogen-bond acceptors (Lipinski definition) is 6. The van der Waals surface area contributed by atoms with Gasteiger partial charge in [0.1, 0.15) is 11.8 Å². The first-order chi connectivity index (χ1) is 19.6. The molecule has 0 radical (unpaired) electrons. The molecule has 4 N–H and O–H groups in total. The maximum atomic E-state index is 13.9. The van der Waals surface area contributed by atoms with E-state index in [1.807, 2.05) is 64.1 Å². The molecule has 10 heteroatoms. The van der Waals surface area contributed by atoms with Crippen LogP contribution < -0.4 is 16.0 Å². The average Bonchev–Trinajstić information content (AvgIpc) is 3.29. The van der Waals surface area contributed by atoms with Crippen LogP contribution in [0, 0.1) is 6.92 Å². The minimum absolute atomic E-state index is 0.163. The second-order valence-corrected chi connectivity index (χ2v) is 12.2. The number of anilines is 1. The van der Waals surface area contributed by atoms with E-state index < -0.39 is 22.7 Å². The van der Waals surface area contributed by atoms with Crippen molar-refractivity contribution in [3.63, 3.8) is 0 Å². The highest BCUT2D eigenvalue weighted by Gasteiger charge is 2.49. The summed E-state index contributed by atoms with van der Waals surface area (Å²) in [7, 11) is 0. The highest BCUT2D eigenvalue weighted by atomic mass is 32.2. The standard InChI is InChI=1S/C31H37N5O4S/c1-5-23(24-11-8-12-25(26(24)37)35-30(40)34-18-22-10-7-6-9-20(22)2)29(39)36-19-41-31(3,4)27(36)28(38)33-17-21-13-15-32-16-14-21/h6-16,23,27,37H,5,17-19H2,1-4H3,(H,33,38)(H2,34,35,40)/t23-,27?/m0/s1. The Kier molecular flexibility index (Phi) is 9.54. The molecule has 1 aliphatic heterocycles. The molecule has 4 amide bonds. The van der Waals surface area contributed by atoms with Crippen LogP contribution in [-0.2, 0) is 22.7 Å². The number of amides is 4. The minimum atomic E-state index is -0.697. The lowest BCUT2D eigenvalue weighted by atomic mass is 9.91. The third-order valence-electron chi connectivity index (χ3n) is 7.39. The molecule has 0 bridgehead atoms. The topological polar surface area (TPSA) is 124 Å². The number of rotatable bonds is 9. The maximum absolute atomic E-state index is 13.9. The van der Waals surface area contributed by atoms with Crippen LogP contribution in [0.25, 0.3) is 0 Å². The number of phenolic OH excluding ortho intramolecular Hbond substituents is 1. The number of aromatic hydroxyl groups is 1. The van der Waals surface area contributed by atoms with Crippen molar-refractivity contribution in [1.82, 2.24) is 20.5 Å². The third-order valence-corrected chi connectivity index (χ3v) is 8.77. The number of nitrogens with zero attached hydrogens (tertiary/aromatic N) is 2. The largest absolute Gasteiger partial charge is 0.505 e. The fraction of sp³-hybridized carbons (Fsp3) is 0.355. The second-order valence-electron chi connectivity index (χ2n) is 10.6. The van der Waals surface area contributed by atoms with Gasteiger partial charge in [0.2, 0.25) is 11.8 Å². The predicted molar refractivity (Wildman–Crippen MR) is 161 cm³/mol. The number of benzene rings is 2. The Morgan fingerprint density at radius 1 is 1.05 bits per heavy atom. The molecule has 1 fully saturated rings. The SMILES string of the molecule is CC[C@H](C(=O)N1CSC(C)(C)C1C(=O)NCc1ccncc1)c1cccc(NC(=O)NCc2ccccc2C)c1O. The lowest BCUT2D eigenvalue weighted by molar-refractivity contribution is -0.140. The Morgan fingerprint density at radius 2 is 1.78 bits per heavy atom. The van der Waals surface area contributed by atoms with Gasteiger partial charge in [-0.15, -0.1) is 11.8 Å². The summed E-state index contributed by atoms with van der Waals surface area (Å²) in [5.74, 6) is -0.980. The molecule has 2 atom stereocenters. The van der Waals surface area contributed by atoms with Crippen molar-refractivity contribution in [2.45, 2.75) is 63.9 Å². The summed E-state index contributed by atoms with van der Waals surface area (Å²) in [6.07, 6.45) is 3.74. The van der Waals surface area contributed by atoms with E-state index in [2.05, 4.69) is 20.9 Å². The van der Waals surface area contributed by atoms with Crippen molar-refractivity contribution in [3.8, 4) is 5.75 Å². The third kappa shape index (κ3) is 7.00. The van der Waals surface area contributed by atoms with Crippen molar-refractivity contribution < 1.29 is 19.5 Å². The number of phenols is 1. The molecule has 2 aromatic carbocycles. The van der Waals surface area contributed by atoms with Gasteiger partial charge < -0.3 is 26.0 Å². The molecule has 1 saturated heterocycles. The van der Waals surface area contributed by atoms with Crippen molar-refractivity contribution in [1.29, 1.82) is 0 Å². The van der Waals surface area contributed by atoms with Crippen LogP contribution in [0.4, 0.5) is 10.5 Å². The van der Waals surface area contributed by atoms with E-state index in [1.165, 1.54) is 0 Å². The summed E-state index contributed by atoms with van der Waals surface area (Å²) in [6.45, 7) is 8.42. The fourth-order valence-corrected chi connectivity index (χ4v) is 6.16. The van der Waals surface area contributed by atoms with Gasteiger partial charge in [-0.3, -0.25) is 14.6 Å². The molecule has 0 spiro atoms. The fourth-order valence-electron chi connectivity index (χ4n) is 5.02. The molecule has 9 nitrogen and oxygen atoms in total. The lowest BCUT2D eigenvalue weighted by Gasteiger charge is -2.32. The van der Waals surface area contributed by atoms with Gasteiger partial charge in [-0.1, -0.05) is 43.3 Å². The van der Waals surface area contributed by atoms with Crippen molar-refractivity contribution in [2.75, 3.05) is 11.2 Å². The molecule has 1 aliphatic rings. The Balaban J connectivity index is 1.48. The van der Waals surface area contributed by atoms with Gasteiger partial charge in [0, 0.05) is 35.8 Å². The number of aryl methyl sites for hydroxylation is 1. The van der Waals surface area contributed by atoms with Gasteiger partial charge in [-0.05, 0) is 62.1 Å². The first kappa shape index (κ1) is 29.9. The normalized spacial score (nSPS) is 16.6. The van der Waals surface area contributed by atoms with Gasteiger partial charge >= 0.3 is 6.03 Å². The van der Waals surface area contributed by atoms with E-state index in [-0.39, 0.29) is 23.3 Å². The van der Waals surface area contributed by atoms with Crippen molar-refractivity contribution in [3.05, 3.63) is 89.2 Å². The van der Waals surface area contributed by atoms with Gasteiger partial charge in [0.25, 0.3) is 0 Å². The molecule has 41 heavy (non-hydrogen) atoms. The Labute approximate surface area is 245 Å². The molecule has 1 aromatic heterocycles. The molecule has 216 valence electrons. The number of nitrogens with one attached hydrogen (secondary N) is 3. The zero-order valence-corrected chi connectivity index (χ0v) is 24.6. The predicted octanol–water partition coefficient (Wildman–Crippen LogP) is 4.91. The van der Waals surface area contributed by atoms with Crippen molar-refractivity contribution in [2.24, 2.45) is 0 Å². The van der Waals surface area contributed by atoms with Gasteiger partial charge in [-0.25, -0.2) is 4.79 Å². The number of pyridine rings is 1. The van der Waals surface area contributed by atoms with Gasteiger partial charge in [0.15, 0.2) is 0 Å². The molecule has 1 unspecified atom stereocenters. The first-order valence-corrected chi connectivity index (χ1v) is 14.6. The first-order valence-electron chi connectivity index (χ1n) is 13.6. The van der Waals surface area contributed by atoms with Crippen LogP contribution in [0.1, 0.15) is 55.4 Å². The van der Waals surface area contributed by atoms with E-state index >= 15 is 0 Å². The van der Waals surface area contributed by atoms with E-state index in [0.29, 0.717) is 31.0 Å². The molecule has 3 aromatic rings. The number of urea groups is 1. The van der Waals surface area contributed by atoms with Crippen LogP contribution in [-0.4, -0.2) is 49.5 Å². The minimum Gasteiger partial charge on any atom is -0.505 e. The lowest BCUT2D eigenvalue weighted by Crippen LogP contribution is -2.54. The molecular formula is C31H37N5O4S. The number of carbonyl (C=O) groups excluding carboxylic acids is 3. The maximum Gasteiger partial charge on any atom is 0.319 e. The van der Waals surface area contributed by atoms with E-state index in [0.717, 1.165) is 16.7 Å². The van der Waals surface area contributed by atoms with Crippen LogP contribution >= 0.6 is 11.8 Å². The van der Waals surface area contributed by atoms with Gasteiger partial charge in [-0.2, -0.15) is 0 Å².